The summed E-state index contributed by atoms with van der Waals surface area (Å²) in [4.78, 5) is 6.81. The van der Waals surface area contributed by atoms with Crippen molar-refractivity contribution in [2.45, 2.75) is 32.9 Å². The minimum absolute atomic E-state index is 1.00. The summed E-state index contributed by atoms with van der Waals surface area (Å²) in [5, 5.41) is 1.40. The van der Waals surface area contributed by atoms with Crippen molar-refractivity contribution < 1.29 is 0 Å². The average Bonchev–Trinajstić information content (AvgIpc) is 3.11. The molecule has 5 rings (SSSR count). The number of benzene rings is 2. The number of aromatic nitrogens is 2. The van der Waals surface area contributed by atoms with Crippen LogP contribution in [-0.2, 0) is 25.9 Å². The van der Waals surface area contributed by atoms with Crippen LogP contribution in [-0.4, -0.2) is 21.0 Å². The molecule has 0 aliphatic carbocycles. The van der Waals surface area contributed by atoms with Gasteiger partial charge in [-0.15, -0.1) is 0 Å². The quantitative estimate of drug-likeness (QED) is 0.428. The van der Waals surface area contributed by atoms with Crippen molar-refractivity contribution in [3.05, 3.63) is 101 Å². The van der Waals surface area contributed by atoms with Crippen LogP contribution in [0.5, 0.6) is 0 Å². The van der Waals surface area contributed by atoms with Crippen LogP contribution in [0.3, 0.4) is 0 Å². The maximum absolute atomic E-state index is 4.24. The number of rotatable bonds is 5. The molecule has 1 aliphatic heterocycles. The number of nitrogens with zero attached hydrogens (tertiary/aromatic N) is 3. The first-order valence-corrected chi connectivity index (χ1v) is 10.8. The predicted molar refractivity (Wildman–Crippen MR) is 125 cm³/mol. The zero-order chi connectivity index (χ0) is 20.3. The Morgan fingerprint density at radius 1 is 1.00 bits per heavy atom. The Morgan fingerprint density at radius 3 is 2.70 bits per heavy atom. The van der Waals surface area contributed by atoms with Gasteiger partial charge in [0, 0.05) is 55.7 Å². The highest BCUT2D eigenvalue weighted by Gasteiger charge is 2.23. The molecule has 0 atom stereocenters. The number of hydrogen-bond acceptors (Lipinski definition) is 2. The van der Waals surface area contributed by atoms with Gasteiger partial charge in [-0.25, -0.2) is 0 Å². The van der Waals surface area contributed by atoms with Gasteiger partial charge in [0.1, 0.15) is 0 Å². The van der Waals surface area contributed by atoms with Crippen LogP contribution in [0.4, 0.5) is 0 Å². The van der Waals surface area contributed by atoms with Crippen molar-refractivity contribution in [2.24, 2.45) is 0 Å². The van der Waals surface area contributed by atoms with Crippen molar-refractivity contribution in [3.63, 3.8) is 0 Å². The Hall–Kier alpha value is -3.17. The third kappa shape index (κ3) is 3.69. The predicted octanol–water partition coefficient (Wildman–Crippen LogP) is 5.78. The van der Waals surface area contributed by atoms with Gasteiger partial charge < -0.3 is 4.57 Å². The topological polar surface area (TPSA) is 21.1 Å². The highest BCUT2D eigenvalue weighted by atomic mass is 15.1. The molecule has 0 N–H and O–H groups in total. The third-order valence-corrected chi connectivity index (χ3v) is 6.09. The molecule has 0 radical (unpaired) electrons. The zero-order valence-corrected chi connectivity index (χ0v) is 17.5. The Labute approximate surface area is 178 Å². The van der Waals surface area contributed by atoms with E-state index in [0.29, 0.717) is 0 Å². The van der Waals surface area contributed by atoms with Crippen LogP contribution in [0, 0.1) is 0 Å². The van der Waals surface area contributed by atoms with E-state index in [1.165, 1.54) is 33.3 Å². The molecule has 1 aliphatic rings. The van der Waals surface area contributed by atoms with Gasteiger partial charge in [-0.3, -0.25) is 9.88 Å². The highest BCUT2D eigenvalue weighted by Crippen LogP contribution is 2.33. The van der Waals surface area contributed by atoms with Gasteiger partial charge in [-0.1, -0.05) is 49.4 Å². The Morgan fingerprint density at radius 2 is 1.90 bits per heavy atom. The lowest BCUT2D eigenvalue weighted by atomic mass is 10.0. The molecule has 0 amide bonds. The molecule has 0 spiro atoms. The summed E-state index contributed by atoms with van der Waals surface area (Å²) in [6.45, 7) is 5.32. The minimum Gasteiger partial charge on any atom is -0.320 e. The highest BCUT2D eigenvalue weighted by molar-refractivity contribution is 5.89. The summed E-state index contributed by atoms with van der Waals surface area (Å²) in [5.41, 5.74) is 8.15. The van der Waals surface area contributed by atoms with Crippen LogP contribution in [0.2, 0.25) is 0 Å². The molecule has 0 saturated carbocycles. The van der Waals surface area contributed by atoms with Gasteiger partial charge in [-0.05, 0) is 52.9 Å². The normalized spacial score (nSPS) is 14.4. The molecule has 3 nitrogen and oxygen atoms in total. The monoisotopic (exact) mass is 393 g/mol. The van der Waals surface area contributed by atoms with Gasteiger partial charge >= 0.3 is 0 Å². The van der Waals surface area contributed by atoms with Crippen LogP contribution < -0.4 is 0 Å². The van der Waals surface area contributed by atoms with Gasteiger partial charge in [-0.2, -0.15) is 0 Å². The lowest BCUT2D eigenvalue weighted by molar-refractivity contribution is 0.245. The van der Waals surface area contributed by atoms with Crippen molar-refractivity contribution in [3.8, 4) is 0 Å². The molecule has 0 saturated heterocycles. The second kappa shape index (κ2) is 8.29. The van der Waals surface area contributed by atoms with Crippen LogP contribution in [0.15, 0.2) is 73.1 Å². The summed E-state index contributed by atoms with van der Waals surface area (Å²) in [6, 6.07) is 21.8. The molecule has 0 unspecified atom stereocenters. The fraction of sp³-hybridized carbons (Fsp3) is 0.222. The first-order chi connectivity index (χ1) is 14.8. The first kappa shape index (κ1) is 18.8. The van der Waals surface area contributed by atoms with Crippen LogP contribution in [0.25, 0.3) is 23.2 Å². The van der Waals surface area contributed by atoms with E-state index in [9.17, 15) is 0 Å². The van der Waals surface area contributed by atoms with E-state index in [1.54, 1.807) is 0 Å². The van der Waals surface area contributed by atoms with Crippen molar-refractivity contribution in [1.82, 2.24) is 14.5 Å². The molecule has 30 heavy (non-hydrogen) atoms. The fourth-order valence-corrected chi connectivity index (χ4v) is 4.50. The van der Waals surface area contributed by atoms with Crippen molar-refractivity contribution in [2.75, 3.05) is 6.54 Å². The van der Waals surface area contributed by atoms with E-state index < -0.39 is 0 Å². The molecule has 4 aromatic rings. The molecule has 0 fully saturated rings. The zero-order valence-electron chi connectivity index (χ0n) is 17.5. The number of fused-ring (bicyclic) bond motifs is 3. The molecule has 3 heterocycles. The van der Waals surface area contributed by atoms with E-state index in [-0.39, 0.29) is 0 Å². The summed E-state index contributed by atoms with van der Waals surface area (Å²) >= 11 is 0. The number of pyridine rings is 1. The lowest BCUT2D eigenvalue weighted by Crippen LogP contribution is -2.30. The van der Waals surface area contributed by atoms with Gasteiger partial charge in [0.25, 0.3) is 0 Å². The van der Waals surface area contributed by atoms with Crippen LogP contribution in [0.1, 0.15) is 34.9 Å². The van der Waals surface area contributed by atoms with Crippen molar-refractivity contribution >= 4 is 23.2 Å². The van der Waals surface area contributed by atoms with Gasteiger partial charge in [0.05, 0.1) is 5.52 Å². The summed E-state index contributed by atoms with van der Waals surface area (Å²) in [7, 11) is 0. The summed E-state index contributed by atoms with van der Waals surface area (Å²) in [6.07, 6.45) is 10.2. The summed E-state index contributed by atoms with van der Waals surface area (Å²) in [5.74, 6) is 0. The maximum atomic E-state index is 4.24. The van der Waals surface area contributed by atoms with Gasteiger partial charge in [0.15, 0.2) is 0 Å². The first-order valence-electron chi connectivity index (χ1n) is 10.8. The molecule has 150 valence electrons. The fourth-order valence-electron chi connectivity index (χ4n) is 4.50. The summed E-state index contributed by atoms with van der Waals surface area (Å²) < 4.78 is 2.40. The minimum atomic E-state index is 1.00. The second-order valence-electron chi connectivity index (χ2n) is 8.05. The largest absolute Gasteiger partial charge is 0.320 e. The van der Waals surface area contributed by atoms with Crippen molar-refractivity contribution in [1.29, 1.82) is 0 Å². The van der Waals surface area contributed by atoms with E-state index in [2.05, 4.69) is 88.2 Å². The number of aryl methyl sites for hydroxylation is 1. The molecule has 0 bridgehead atoms. The molecule has 2 aromatic heterocycles. The molecular formula is C27H27N3. The SMILES string of the molecule is CCc1ccc2c(c1)c1c(n2/C=C\c2cccnc2)CCN(Cc2ccccc2)C1. The third-order valence-electron chi connectivity index (χ3n) is 6.09. The Kier molecular flexibility index (Phi) is 5.20. The molecule has 2 aromatic carbocycles. The van der Waals surface area contributed by atoms with Crippen LogP contribution >= 0.6 is 0 Å². The maximum Gasteiger partial charge on any atom is 0.0528 e. The van der Waals surface area contributed by atoms with E-state index in [4.69, 9.17) is 0 Å². The molecular weight excluding hydrogens is 366 g/mol. The smallest absolute Gasteiger partial charge is 0.0528 e. The molecule has 3 heteroatoms. The van der Waals surface area contributed by atoms with E-state index in [1.807, 2.05) is 18.5 Å². The van der Waals surface area contributed by atoms with E-state index in [0.717, 1.165) is 38.0 Å². The standard InChI is InChI=1S/C27H27N3/c1-2-21-10-11-26-24(17-21)25-20-29(19-23-7-4-3-5-8-23)15-13-27(25)30(26)16-12-22-9-6-14-28-18-22/h3-12,14,16-18H,2,13,15,19-20H2,1H3/b16-12-. The Balaban J connectivity index is 1.54. The Bertz CT molecular complexity index is 1170. The average molecular weight is 394 g/mol. The second-order valence-corrected chi connectivity index (χ2v) is 8.05. The van der Waals surface area contributed by atoms with E-state index >= 15 is 0 Å². The number of hydrogen-bond donors (Lipinski definition) is 0. The van der Waals surface area contributed by atoms with Gasteiger partial charge in [0.2, 0.25) is 0 Å². The lowest BCUT2D eigenvalue weighted by Gasteiger charge is -2.28.